The van der Waals surface area contributed by atoms with E-state index in [1.807, 2.05) is 0 Å². The molecule has 0 saturated heterocycles. The maximum Gasteiger partial charge on any atom is -0.0138 e. The van der Waals surface area contributed by atoms with Crippen molar-refractivity contribution in [1.29, 1.82) is 0 Å². The van der Waals surface area contributed by atoms with Gasteiger partial charge in [-0.05, 0) is 23.6 Å². The van der Waals surface area contributed by atoms with E-state index in [1.165, 1.54) is 6.16 Å². The van der Waals surface area contributed by atoms with Crippen molar-refractivity contribution in [1.82, 2.24) is 0 Å². The minimum Gasteiger partial charge on any atom is -0.0837 e. The molecule has 0 rings (SSSR count). The van der Waals surface area contributed by atoms with E-state index in [0.717, 1.165) is 5.66 Å². The van der Waals surface area contributed by atoms with Gasteiger partial charge in [-0.15, -0.1) is 0 Å². The zero-order valence-corrected chi connectivity index (χ0v) is 11.5. The fourth-order valence-electron chi connectivity index (χ4n) is 1.83. The summed E-state index contributed by atoms with van der Waals surface area (Å²) in [7, 11) is 0.538. The SMILES string of the molecule is CCP(C)P(C(C)C)C(C)(C)C. The summed E-state index contributed by atoms with van der Waals surface area (Å²) in [6.45, 7) is 16.8. The van der Waals surface area contributed by atoms with Gasteiger partial charge in [0.1, 0.15) is 0 Å². The predicted molar refractivity (Wildman–Crippen MR) is 65.2 cm³/mol. The molecule has 0 aliphatic rings. The molecule has 0 radical (unpaired) electrons. The van der Waals surface area contributed by atoms with Gasteiger partial charge in [-0.2, -0.15) is 0 Å². The smallest absolute Gasteiger partial charge is 0.0138 e. The molecule has 0 N–H and O–H groups in total. The third kappa shape index (κ3) is 3.71. The van der Waals surface area contributed by atoms with Crippen molar-refractivity contribution in [2.45, 2.75) is 52.4 Å². The highest BCUT2D eigenvalue weighted by Crippen LogP contribution is 2.75. The van der Waals surface area contributed by atoms with E-state index >= 15 is 0 Å². The van der Waals surface area contributed by atoms with Crippen LogP contribution in [-0.4, -0.2) is 23.6 Å². The monoisotopic (exact) mass is 206 g/mol. The lowest BCUT2D eigenvalue weighted by molar-refractivity contribution is 0.779. The van der Waals surface area contributed by atoms with E-state index in [9.17, 15) is 0 Å². The van der Waals surface area contributed by atoms with Gasteiger partial charge in [0.15, 0.2) is 0 Å². The molecule has 0 bridgehead atoms. The standard InChI is InChI=1S/C10H24P2/c1-8-11(7)12(9(2)3)10(4,5)6/h9H,8H2,1-7H3. The molecule has 2 heteroatoms. The molecule has 0 heterocycles. The van der Waals surface area contributed by atoms with Crippen LogP contribution in [0.1, 0.15) is 41.5 Å². The van der Waals surface area contributed by atoms with Crippen molar-refractivity contribution >= 4 is 15.2 Å². The van der Waals surface area contributed by atoms with Gasteiger partial charge in [-0.25, -0.2) is 0 Å². The Morgan fingerprint density at radius 2 is 1.58 bits per heavy atom. The normalized spacial score (nSPS) is 18.0. The van der Waals surface area contributed by atoms with Crippen LogP contribution >= 0.6 is 15.2 Å². The van der Waals surface area contributed by atoms with Crippen LogP contribution in [0.25, 0.3) is 0 Å². The summed E-state index contributed by atoms with van der Waals surface area (Å²) in [6.07, 6.45) is 1.40. The Balaban J connectivity index is 4.44. The molecule has 12 heavy (non-hydrogen) atoms. The number of rotatable bonds is 3. The van der Waals surface area contributed by atoms with Gasteiger partial charge in [0, 0.05) is 0 Å². The molecular weight excluding hydrogens is 182 g/mol. The molecule has 0 aromatic carbocycles. The Kier molecular flexibility index (Phi) is 5.27. The molecule has 0 saturated carbocycles. The minimum atomic E-state index is 0.243. The summed E-state index contributed by atoms with van der Waals surface area (Å²) in [5.41, 5.74) is 0.899. The first kappa shape index (κ1) is 12.9. The maximum absolute atomic E-state index is 2.48. The van der Waals surface area contributed by atoms with Gasteiger partial charge in [-0.1, -0.05) is 56.8 Å². The van der Waals surface area contributed by atoms with E-state index in [-0.39, 0.29) is 7.61 Å². The highest BCUT2D eigenvalue weighted by atomic mass is 32.1. The third-order valence-corrected chi connectivity index (χ3v) is 12.2. The first-order valence-electron chi connectivity index (χ1n) is 4.81. The highest BCUT2D eigenvalue weighted by Gasteiger charge is 2.30. The molecular formula is C10H24P2. The molecule has 0 fully saturated rings. The Morgan fingerprint density at radius 1 is 1.17 bits per heavy atom. The van der Waals surface area contributed by atoms with Crippen molar-refractivity contribution in [2.24, 2.45) is 0 Å². The molecule has 74 valence electrons. The largest absolute Gasteiger partial charge is 0.0837 e. The summed E-state index contributed by atoms with van der Waals surface area (Å²) < 4.78 is 0. The van der Waals surface area contributed by atoms with Crippen molar-refractivity contribution in [2.75, 3.05) is 12.8 Å². The molecule has 2 atom stereocenters. The Morgan fingerprint density at radius 3 is 1.67 bits per heavy atom. The van der Waals surface area contributed by atoms with E-state index < -0.39 is 0 Å². The van der Waals surface area contributed by atoms with Crippen molar-refractivity contribution in [3.63, 3.8) is 0 Å². The van der Waals surface area contributed by atoms with E-state index in [1.54, 1.807) is 0 Å². The van der Waals surface area contributed by atoms with Crippen LogP contribution < -0.4 is 0 Å². The quantitative estimate of drug-likeness (QED) is 0.586. The van der Waals surface area contributed by atoms with Gasteiger partial charge in [0.2, 0.25) is 0 Å². The Labute approximate surface area is 80.9 Å². The van der Waals surface area contributed by atoms with Gasteiger partial charge in [0.05, 0.1) is 0 Å². The second-order valence-corrected chi connectivity index (χ2v) is 12.9. The lowest BCUT2D eigenvalue weighted by atomic mass is 10.3. The van der Waals surface area contributed by atoms with E-state index in [2.05, 4.69) is 48.2 Å². The van der Waals surface area contributed by atoms with Crippen LogP contribution in [0, 0.1) is 0 Å². The number of hydrogen-bond donors (Lipinski definition) is 0. The van der Waals surface area contributed by atoms with Crippen molar-refractivity contribution in [3.05, 3.63) is 0 Å². The maximum atomic E-state index is 2.48. The molecule has 2 unspecified atom stereocenters. The van der Waals surface area contributed by atoms with Crippen LogP contribution in [-0.2, 0) is 0 Å². The zero-order chi connectivity index (χ0) is 9.94. The Hall–Kier alpha value is 0.860. The van der Waals surface area contributed by atoms with Crippen LogP contribution in [0.3, 0.4) is 0 Å². The summed E-state index contributed by atoms with van der Waals surface area (Å²) in [6, 6.07) is 0. The molecule has 0 spiro atoms. The Bertz CT molecular complexity index is 124. The number of hydrogen-bond acceptors (Lipinski definition) is 0. The molecule has 0 aromatic rings. The average molecular weight is 206 g/mol. The van der Waals surface area contributed by atoms with E-state index in [0.29, 0.717) is 12.8 Å². The fourth-order valence-corrected chi connectivity index (χ4v) is 11.9. The molecule has 0 nitrogen and oxygen atoms in total. The van der Waals surface area contributed by atoms with Crippen molar-refractivity contribution in [3.8, 4) is 0 Å². The predicted octanol–water partition coefficient (Wildman–Crippen LogP) is 4.72. The van der Waals surface area contributed by atoms with Crippen LogP contribution in [0.4, 0.5) is 0 Å². The van der Waals surface area contributed by atoms with Crippen LogP contribution in [0.5, 0.6) is 0 Å². The average Bonchev–Trinajstić information content (AvgIpc) is 1.83. The van der Waals surface area contributed by atoms with Gasteiger partial charge >= 0.3 is 0 Å². The molecule has 0 aliphatic carbocycles. The molecule has 0 amide bonds. The summed E-state index contributed by atoms with van der Waals surface area (Å²) in [4.78, 5) is 0. The van der Waals surface area contributed by atoms with Crippen LogP contribution in [0.2, 0.25) is 0 Å². The van der Waals surface area contributed by atoms with Crippen molar-refractivity contribution < 1.29 is 0 Å². The second-order valence-electron chi connectivity index (χ2n) is 4.58. The molecule has 0 aromatic heterocycles. The lowest BCUT2D eigenvalue weighted by Gasteiger charge is -2.39. The van der Waals surface area contributed by atoms with Crippen LogP contribution in [0.15, 0.2) is 0 Å². The first-order valence-corrected chi connectivity index (χ1v) is 8.90. The third-order valence-electron chi connectivity index (χ3n) is 2.00. The van der Waals surface area contributed by atoms with E-state index in [4.69, 9.17) is 0 Å². The topological polar surface area (TPSA) is 0 Å². The van der Waals surface area contributed by atoms with Gasteiger partial charge in [0.25, 0.3) is 0 Å². The first-order chi connectivity index (χ1) is 5.30. The summed E-state index contributed by atoms with van der Waals surface area (Å²) in [5.74, 6) is 0. The lowest BCUT2D eigenvalue weighted by Crippen LogP contribution is -2.15. The summed E-state index contributed by atoms with van der Waals surface area (Å²) >= 11 is 0. The fraction of sp³-hybridized carbons (Fsp3) is 1.00. The highest BCUT2D eigenvalue weighted by molar-refractivity contribution is 8.30. The molecule has 0 aliphatic heterocycles. The minimum absolute atomic E-state index is 0.243. The summed E-state index contributed by atoms with van der Waals surface area (Å²) in [5, 5.41) is 0.556. The van der Waals surface area contributed by atoms with Gasteiger partial charge in [-0.3, -0.25) is 0 Å². The van der Waals surface area contributed by atoms with Gasteiger partial charge < -0.3 is 0 Å². The second kappa shape index (κ2) is 4.92. The zero-order valence-electron chi connectivity index (χ0n) is 9.68.